The van der Waals surface area contributed by atoms with Gasteiger partial charge in [-0.2, -0.15) is 0 Å². The minimum atomic E-state index is -4.85. The molecule has 1 rings (SSSR count). The van der Waals surface area contributed by atoms with Crippen LogP contribution in [0.3, 0.4) is 0 Å². The van der Waals surface area contributed by atoms with Crippen molar-refractivity contribution >= 4 is 18.4 Å². The molecule has 0 fully saturated rings. The predicted molar refractivity (Wildman–Crippen MR) is 70.2 cm³/mol. The highest BCUT2D eigenvalue weighted by atomic mass is 35.5. The summed E-state index contributed by atoms with van der Waals surface area (Å²) in [5.74, 6) is -1.46. The minimum absolute atomic E-state index is 0. The first-order valence-corrected chi connectivity index (χ1v) is 5.72. The molecule has 0 aliphatic rings. The molecule has 0 bridgehead atoms. The van der Waals surface area contributed by atoms with E-state index >= 15 is 0 Å². The second-order valence-corrected chi connectivity index (χ2v) is 3.88. The molecule has 0 amide bonds. The lowest BCUT2D eigenvalue weighted by atomic mass is 10.0. The maximum absolute atomic E-state index is 12.1. The molecular formula is C12H15ClF3NO4. The van der Waals surface area contributed by atoms with Gasteiger partial charge in [0.2, 0.25) is 0 Å². The molecule has 3 N–H and O–H groups in total. The summed E-state index contributed by atoms with van der Waals surface area (Å²) in [6.07, 6.45) is -5.11. The highest BCUT2D eigenvalue weighted by Crippen LogP contribution is 2.31. The van der Waals surface area contributed by atoms with Crippen molar-refractivity contribution in [2.45, 2.75) is 25.7 Å². The van der Waals surface area contributed by atoms with E-state index in [9.17, 15) is 23.1 Å². The molecule has 1 aromatic carbocycles. The molecule has 21 heavy (non-hydrogen) atoms. The number of halogens is 4. The lowest BCUT2D eigenvalue weighted by Gasteiger charge is -2.15. The van der Waals surface area contributed by atoms with Crippen LogP contribution in [0.25, 0.3) is 0 Å². The molecule has 0 aliphatic heterocycles. The lowest BCUT2D eigenvalue weighted by Crippen LogP contribution is -2.19. The van der Waals surface area contributed by atoms with Gasteiger partial charge >= 0.3 is 12.3 Å². The van der Waals surface area contributed by atoms with Crippen LogP contribution in [0, 0.1) is 0 Å². The Kier molecular flexibility index (Phi) is 7.31. The zero-order chi connectivity index (χ0) is 15.3. The van der Waals surface area contributed by atoms with E-state index in [4.69, 9.17) is 5.73 Å². The monoisotopic (exact) mass is 329 g/mol. The number of rotatable bonds is 5. The molecule has 0 saturated carbocycles. The molecule has 0 radical (unpaired) electrons. The van der Waals surface area contributed by atoms with Crippen molar-refractivity contribution < 1.29 is 32.5 Å². The fourth-order valence-corrected chi connectivity index (χ4v) is 1.54. The van der Waals surface area contributed by atoms with Crippen molar-refractivity contribution in [1.29, 1.82) is 0 Å². The number of phenolic OH excluding ortho intramolecular Hbond substituents is 1. The van der Waals surface area contributed by atoms with Gasteiger partial charge in [-0.1, -0.05) is 0 Å². The first kappa shape index (κ1) is 19.3. The highest BCUT2D eigenvalue weighted by molar-refractivity contribution is 5.85. The van der Waals surface area contributed by atoms with E-state index in [1.165, 1.54) is 0 Å². The maximum atomic E-state index is 12.1. The van der Waals surface area contributed by atoms with Crippen molar-refractivity contribution in [3.8, 4) is 11.5 Å². The van der Waals surface area contributed by atoms with Crippen LogP contribution in [0.5, 0.6) is 11.5 Å². The largest absolute Gasteiger partial charge is 0.573 e. The van der Waals surface area contributed by atoms with Gasteiger partial charge in [-0.15, -0.1) is 25.6 Å². The van der Waals surface area contributed by atoms with Gasteiger partial charge in [-0.25, -0.2) is 0 Å². The van der Waals surface area contributed by atoms with Crippen LogP contribution in [0.2, 0.25) is 0 Å². The number of carbonyl (C=O) groups excluding carboxylic acids is 1. The van der Waals surface area contributed by atoms with E-state index < -0.39 is 24.1 Å². The van der Waals surface area contributed by atoms with E-state index in [1.807, 2.05) is 0 Å². The second kappa shape index (κ2) is 7.94. The third kappa shape index (κ3) is 6.54. The molecule has 0 spiro atoms. The number of esters is 1. The number of hydrogen-bond donors (Lipinski definition) is 2. The lowest BCUT2D eigenvalue weighted by molar-refractivity contribution is -0.274. The van der Waals surface area contributed by atoms with Crippen molar-refractivity contribution in [2.24, 2.45) is 5.73 Å². The number of benzene rings is 1. The number of alkyl halides is 3. The van der Waals surface area contributed by atoms with Crippen LogP contribution < -0.4 is 10.5 Å². The Morgan fingerprint density at radius 3 is 2.57 bits per heavy atom. The molecule has 0 heterocycles. The summed E-state index contributed by atoms with van der Waals surface area (Å²) in [7, 11) is 0. The van der Waals surface area contributed by atoms with Crippen molar-refractivity contribution in [3.63, 3.8) is 0 Å². The number of aromatic hydroxyl groups is 1. The second-order valence-electron chi connectivity index (χ2n) is 3.88. The van der Waals surface area contributed by atoms with Crippen LogP contribution in [0.1, 0.15) is 24.9 Å². The summed E-state index contributed by atoms with van der Waals surface area (Å²) in [4.78, 5) is 11.3. The first-order valence-electron chi connectivity index (χ1n) is 5.72. The fourth-order valence-electron chi connectivity index (χ4n) is 1.54. The Bertz CT molecular complexity index is 482. The van der Waals surface area contributed by atoms with Crippen LogP contribution in [0.15, 0.2) is 18.2 Å². The summed E-state index contributed by atoms with van der Waals surface area (Å²) in [5, 5.41) is 9.58. The zero-order valence-electron chi connectivity index (χ0n) is 11.0. The van der Waals surface area contributed by atoms with Gasteiger partial charge in [0.05, 0.1) is 13.0 Å². The number of phenols is 1. The number of ether oxygens (including phenoxy) is 2. The van der Waals surface area contributed by atoms with Crippen molar-refractivity contribution in [1.82, 2.24) is 0 Å². The molecule has 5 nitrogen and oxygen atoms in total. The smallest absolute Gasteiger partial charge is 0.508 e. The quantitative estimate of drug-likeness (QED) is 0.812. The predicted octanol–water partition coefficient (Wildman–Crippen LogP) is 2.67. The maximum Gasteiger partial charge on any atom is 0.573 e. The van der Waals surface area contributed by atoms with Gasteiger partial charge in [-0.3, -0.25) is 4.79 Å². The fraction of sp³-hybridized carbons (Fsp3) is 0.417. The standard InChI is InChI=1S/C12H14F3NO4.ClH/c1-2-19-11(18)6-9(16)8-5-7(3-4-10(8)17)20-12(13,14)15;/h3-5,9,17H,2,6,16H2,1H3;1H/t9-;/m1./s1. The summed E-state index contributed by atoms with van der Waals surface area (Å²) >= 11 is 0. The molecule has 0 unspecified atom stereocenters. The SMILES string of the molecule is CCOC(=O)C[C@@H](N)c1cc(OC(F)(F)F)ccc1O.Cl. The van der Waals surface area contributed by atoms with Gasteiger partial charge in [0.1, 0.15) is 11.5 Å². The topological polar surface area (TPSA) is 81.8 Å². The van der Waals surface area contributed by atoms with Crippen LogP contribution in [-0.4, -0.2) is 24.0 Å². The van der Waals surface area contributed by atoms with Crippen LogP contribution >= 0.6 is 12.4 Å². The van der Waals surface area contributed by atoms with Crippen molar-refractivity contribution in [2.75, 3.05) is 6.61 Å². The minimum Gasteiger partial charge on any atom is -0.508 e. The summed E-state index contributed by atoms with van der Waals surface area (Å²) < 4.78 is 44.7. The third-order valence-electron chi connectivity index (χ3n) is 2.32. The Hall–Kier alpha value is -1.67. The van der Waals surface area contributed by atoms with E-state index in [0.29, 0.717) is 0 Å². The van der Waals surface area contributed by atoms with E-state index in [-0.39, 0.29) is 36.7 Å². The number of carbonyl (C=O) groups is 1. The molecular weight excluding hydrogens is 315 g/mol. The summed E-state index contributed by atoms with van der Waals surface area (Å²) in [6.45, 7) is 1.77. The molecule has 0 aromatic heterocycles. The van der Waals surface area contributed by atoms with Gasteiger partial charge in [-0.05, 0) is 25.1 Å². The van der Waals surface area contributed by atoms with E-state index in [2.05, 4.69) is 9.47 Å². The molecule has 9 heteroatoms. The number of nitrogens with two attached hydrogens (primary N) is 1. The average Bonchev–Trinajstić information content (AvgIpc) is 2.30. The molecule has 120 valence electrons. The van der Waals surface area contributed by atoms with E-state index in [1.54, 1.807) is 6.92 Å². The van der Waals surface area contributed by atoms with Gasteiger partial charge in [0, 0.05) is 11.6 Å². The van der Waals surface area contributed by atoms with Gasteiger partial charge < -0.3 is 20.3 Å². The molecule has 0 saturated heterocycles. The Morgan fingerprint density at radius 1 is 1.43 bits per heavy atom. The van der Waals surface area contributed by atoms with Crippen LogP contribution in [-0.2, 0) is 9.53 Å². The average molecular weight is 330 g/mol. The Labute approximate surface area is 125 Å². The number of hydrogen-bond acceptors (Lipinski definition) is 5. The Balaban J connectivity index is 0.00000400. The molecule has 0 aliphatic carbocycles. The summed E-state index contributed by atoms with van der Waals surface area (Å²) in [5.41, 5.74) is 5.63. The highest BCUT2D eigenvalue weighted by Gasteiger charge is 2.31. The zero-order valence-corrected chi connectivity index (χ0v) is 11.8. The van der Waals surface area contributed by atoms with Gasteiger partial charge in [0.25, 0.3) is 0 Å². The normalized spacial score (nSPS) is 12.2. The van der Waals surface area contributed by atoms with Crippen molar-refractivity contribution in [3.05, 3.63) is 23.8 Å². The molecule has 1 atom stereocenters. The summed E-state index contributed by atoms with van der Waals surface area (Å²) in [6, 6.07) is 1.91. The third-order valence-corrected chi connectivity index (χ3v) is 2.32. The Morgan fingerprint density at radius 2 is 2.05 bits per heavy atom. The van der Waals surface area contributed by atoms with Gasteiger partial charge in [0.15, 0.2) is 0 Å². The van der Waals surface area contributed by atoms with Crippen LogP contribution in [0.4, 0.5) is 13.2 Å². The molecule has 1 aromatic rings. The van der Waals surface area contributed by atoms with E-state index in [0.717, 1.165) is 18.2 Å². The first-order chi connectivity index (χ1) is 9.23.